The van der Waals surface area contributed by atoms with Crippen molar-refractivity contribution in [2.75, 3.05) is 6.54 Å². The van der Waals surface area contributed by atoms with Crippen molar-refractivity contribution in [1.29, 1.82) is 0 Å². The van der Waals surface area contributed by atoms with Gasteiger partial charge in [0.05, 0.1) is 0 Å². The van der Waals surface area contributed by atoms with Crippen LogP contribution in [0.3, 0.4) is 0 Å². The molecule has 28 heavy (non-hydrogen) atoms. The van der Waals surface area contributed by atoms with Crippen LogP contribution in [0.2, 0.25) is 0 Å². The Morgan fingerprint density at radius 3 is 2.61 bits per heavy atom. The minimum atomic E-state index is -0.228. The number of halogens is 1. The third-order valence-corrected chi connectivity index (χ3v) is 5.02. The average molecular weight is 370 g/mol. The molecule has 0 atom stereocenters. The fourth-order valence-corrected chi connectivity index (χ4v) is 3.50. The molecule has 0 aliphatic rings. The molecule has 1 heterocycles. The highest BCUT2D eigenvalue weighted by Gasteiger charge is 2.06. The average Bonchev–Trinajstić information content (AvgIpc) is 3.10. The van der Waals surface area contributed by atoms with Gasteiger partial charge in [-0.15, -0.1) is 0 Å². The number of rotatable bonds is 6. The Bertz CT molecular complexity index is 1140. The first kappa shape index (κ1) is 18.1. The van der Waals surface area contributed by atoms with E-state index < -0.39 is 0 Å². The van der Waals surface area contributed by atoms with E-state index in [9.17, 15) is 4.39 Å². The van der Waals surface area contributed by atoms with E-state index in [0.29, 0.717) is 0 Å². The molecule has 0 aliphatic heterocycles. The van der Waals surface area contributed by atoms with Gasteiger partial charge < -0.3 is 10.3 Å². The van der Waals surface area contributed by atoms with E-state index in [1.165, 1.54) is 28.1 Å². The molecule has 2 nitrogen and oxygen atoms in total. The Morgan fingerprint density at radius 1 is 1.00 bits per heavy atom. The standard InChI is InChI=1S/C25H23FN2/c1-17-9-10-25-24(13-17)22(16-28-25)11-12-27-18(2)19-5-3-6-20(14-19)21-7-4-8-23(26)15-21/h3-10,13-16,27-28H,2,11-12H2,1H3. The molecule has 0 fully saturated rings. The van der Waals surface area contributed by atoms with Gasteiger partial charge in [-0.1, -0.05) is 48.5 Å². The smallest absolute Gasteiger partial charge is 0.123 e. The van der Waals surface area contributed by atoms with Crippen LogP contribution in [-0.2, 0) is 6.42 Å². The van der Waals surface area contributed by atoms with Gasteiger partial charge in [-0.25, -0.2) is 4.39 Å². The highest BCUT2D eigenvalue weighted by molar-refractivity contribution is 5.84. The zero-order valence-corrected chi connectivity index (χ0v) is 15.9. The molecule has 0 amide bonds. The van der Waals surface area contributed by atoms with Crippen LogP contribution in [0.5, 0.6) is 0 Å². The van der Waals surface area contributed by atoms with Gasteiger partial charge in [0, 0.05) is 29.3 Å². The summed E-state index contributed by atoms with van der Waals surface area (Å²) in [6.07, 6.45) is 2.99. The summed E-state index contributed by atoms with van der Waals surface area (Å²) in [6.45, 7) is 7.09. The molecule has 2 N–H and O–H groups in total. The number of hydrogen-bond donors (Lipinski definition) is 2. The molecule has 0 spiro atoms. The maximum atomic E-state index is 13.5. The van der Waals surface area contributed by atoms with Crippen molar-refractivity contribution in [1.82, 2.24) is 10.3 Å². The fourth-order valence-electron chi connectivity index (χ4n) is 3.50. The van der Waals surface area contributed by atoms with E-state index in [1.807, 2.05) is 30.3 Å². The number of nitrogens with one attached hydrogen (secondary N) is 2. The van der Waals surface area contributed by atoms with Crippen LogP contribution in [-0.4, -0.2) is 11.5 Å². The Kier molecular flexibility index (Phi) is 4.98. The molecule has 0 radical (unpaired) electrons. The summed E-state index contributed by atoms with van der Waals surface area (Å²) in [4.78, 5) is 3.33. The lowest BCUT2D eigenvalue weighted by molar-refractivity contribution is 0.628. The first-order valence-corrected chi connectivity index (χ1v) is 9.46. The quantitative estimate of drug-likeness (QED) is 0.423. The molecule has 140 valence electrons. The molecule has 0 bridgehead atoms. The third-order valence-electron chi connectivity index (χ3n) is 5.02. The molecule has 1 aromatic heterocycles. The molecule has 4 aromatic rings. The number of aryl methyl sites for hydroxylation is 1. The summed E-state index contributed by atoms with van der Waals surface area (Å²) in [5.41, 5.74) is 7.45. The maximum absolute atomic E-state index is 13.5. The monoisotopic (exact) mass is 370 g/mol. The van der Waals surface area contributed by atoms with Crippen molar-refractivity contribution in [3.8, 4) is 11.1 Å². The first-order chi connectivity index (χ1) is 13.6. The SMILES string of the molecule is C=C(NCCc1c[nH]c2ccc(C)cc12)c1cccc(-c2cccc(F)c2)c1. The first-order valence-electron chi connectivity index (χ1n) is 9.46. The molecule has 3 heteroatoms. The van der Waals surface area contributed by atoms with Gasteiger partial charge in [-0.3, -0.25) is 0 Å². The predicted molar refractivity (Wildman–Crippen MR) is 116 cm³/mol. The summed E-state index contributed by atoms with van der Waals surface area (Å²) < 4.78 is 13.5. The van der Waals surface area contributed by atoms with Crippen molar-refractivity contribution >= 4 is 16.6 Å². The molecule has 0 saturated heterocycles. The summed E-state index contributed by atoms with van der Waals surface area (Å²) in [5.74, 6) is -0.228. The minimum Gasteiger partial charge on any atom is -0.385 e. The van der Waals surface area contributed by atoms with E-state index in [1.54, 1.807) is 12.1 Å². The van der Waals surface area contributed by atoms with Crippen molar-refractivity contribution in [3.05, 3.63) is 102 Å². The highest BCUT2D eigenvalue weighted by atomic mass is 19.1. The number of benzene rings is 3. The summed E-state index contributed by atoms with van der Waals surface area (Å²) >= 11 is 0. The van der Waals surface area contributed by atoms with Gasteiger partial charge >= 0.3 is 0 Å². The van der Waals surface area contributed by atoms with E-state index in [0.717, 1.165) is 35.4 Å². The van der Waals surface area contributed by atoms with Crippen LogP contribution in [0.1, 0.15) is 16.7 Å². The molecule has 0 saturated carbocycles. The van der Waals surface area contributed by atoms with E-state index in [4.69, 9.17) is 0 Å². The van der Waals surface area contributed by atoms with Gasteiger partial charge in [-0.05, 0) is 65.9 Å². The Hall–Kier alpha value is -3.33. The van der Waals surface area contributed by atoms with Crippen molar-refractivity contribution in [2.45, 2.75) is 13.3 Å². The molecular weight excluding hydrogens is 347 g/mol. The Balaban J connectivity index is 1.44. The van der Waals surface area contributed by atoms with Crippen molar-refractivity contribution in [3.63, 3.8) is 0 Å². The van der Waals surface area contributed by atoms with Crippen LogP contribution in [0.4, 0.5) is 4.39 Å². The van der Waals surface area contributed by atoms with Gasteiger partial charge in [0.2, 0.25) is 0 Å². The van der Waals surface area contributed by atoms with Gasteiger partial charge in [0.15, 0.2) is 0 Å². The van der Waals surface area contributed by atoms with Crippen LogP contribution in [0.25, 0.3) is 27.7 Å². The van der Waals surface area contributed by atoms with Crippen LogP contribution < -0.4 is 5.32 Å². The summed E-state index contributed by atoms with van der Waals surface area (Å²) in [7, 11) is 0. The molecule has 3 aromatic carbocycles. The molecular formula is C25H23FN2. The van der Waals surface area contributed by atoms with E-state index >= 15 is 0 Å². The largest absolute Gasteiger partial charge is 0.385 e. The Labute approximate surface area is 164 Å². The lowest BCUT2D eigenvalue weighted by Gasteiger charge is -2.11. The van der Waals surface area contributed by atoms with Crippen LogP contribution in [0.15, 0.2) is 79.5 Å². The molecule has 0 unspecified atom stereocenters. The van der Waals surface area contributed by atoms with Crippen molar-refractivity contribution in [2.24, 2.45) is 0 Å². The second-order valence-corrected chi connectivity index (χ2v) is 7.11. The maximum Gasteiger partial charge on any atom is 0.123 e. The van der Waals surface area contributed by atoms with Gasteiger partial charge in [-0.2, -0.15) is 0 Å². The second kappa shape index (κ2) is 7.73. The third kappa shape index (κ3) is 3.84. The zero-order valence-electron chi connectivity index (χ0n) is 15.9. The molecule has 4 rings (SSSR count). The second-order valence-electron chi connectivity index (χ2n) is 7.11. The molecule has 0 aliphatic carbocycles. The van der Waals surface area contributed by atoms with E-state index in [2.05, 4.69) is 48.2 Å². The number of fused-ring (bicyclic) bond motifs is 1. The number of aromatic nitrogens is 1. The summed E-state index contributed by atoms with van der Waals surface area (Å²) in [6, 6.07) is 21.1. The minimum absolute atomic E-state index is 0.228. The zero-order chi connectivity index (χ0) is 19.5. The van der Waals surface area contributed by atoms with Gasteiger partial charge in [0.25, 0.3) is 0 Å². The number of hydrogen-bond acceptors (Lipinski definition) is 1. The topological polar surface area (TPSA) is 27.8 Å². The fraction of sp³-hybridized carbons (Fsp3) is 0.120. The number of H-pyrrole nitrogens is 1. The highest BCUT2D eigenvalue weighted by Crippen LogP contribution is 2.24. The Morgan fingerprint density at radius 2 is 1.79 bits per heavy atom. The number of aromatic amines is 1. The van der Waals surface area contributed by atoms with Crippen LogP contribution >= 0.6 is 0 Å². The normalized spacial score (nSPS) is 10.9. The summed E-state index contributed by atoms with van der Waals surface area (Å²) in [5, 5.41) is 4.70. The van der Waals surface area contributed by atoms with Crippen LogP contribution in [0, 0.1) is 12.7 Å². The van der Waals surface area contributed by atoms with Crippen molar-refractivity contribution < 1.29 is 4.39 Å². The predicted octanol–water partition coefficient (Wildman–Crippen LogP) is 6.09. The van der Waals surface area contributed by atoms with Gasteiger partial charge in [0.1, 0.15) is 5.82 Å². The lowest BCUT2D eigenvalue weighted by atomic mass is 10.0. The lowest BCUT2D eigenvalue weighted by Crippen LogP contribution is -2.15. The van der Waals surface area contributed by atoms with E-state index in [-0.39, 0.29) is 5.82 Å².